The molecule has 3 rings (SSSR count). The molecule has 0 aliphatic heterocycles. The summed E-state index contributed by atoms with van der Waals surface area (Å²) in [5.74, 6) is -0.0721. The van der Waals surface area contributed by atoms with Gasteiger partial charge >= 0.3 is 0 Å². The summed E-state index contributed by atoms with van der Waals surface area (Å²) in [7, 11) is 0. The van der Waals surface area contributed by atoms with Crippen molar-refractivity contribution in [3.05, 3.63) is 77.2 Å². The van der Waals surface area contributed by atoms with Crippen LogP contribution in [0.5, 0.6) is 0 Å². The van der Waals surface area contributed by atoms with E-state index in [9.17, 15) is 4.79 Å². The Bertz CT molecular complexity index is 762. The first-order chi connectivity index (χ1) is 10.3. The molecule has 0 spiro atoms. The van der Waals surface area contributed by atoms with Crippen molar-refractivity contribution in [2.45, 2.75) is 6.92 Å². The van der Waals surface area contributed by atoms with Crippen LogP contribution in [0.3, 0.4) is 0 Å². The zero-order chi connectivity index (χ0) is 14.7. The van der Waals surface area contributed by atoms with Gasteiger partial charge in [0.1, 0.15) is 0 Å². The summed E-state index contributed by atoms with van der Waals surface area (Å²) in [6.07, 6.45) is 0. The number of hydrogen-bond acceptors (Lipinski definition) is 2. The second kappa shape index (κ2) is 5.94. The topological polar surface area (TPSA) is 29.1 Å². The molecule has 1 amide bonds. The number of hydrogen-bond donors (Lipinski definition) is 1. The molecule has 2 aromatic carbocycles. The second-order valence-corrected chi connectivity index (χ2v) is 5.74. The van der Waals surface area contributed by atoms with E-state index in [2.05, 4.69) is 11.4 Å². The largest absolute Gasteiger partial charge is 0.321 e. The number of aryl methyl sites for hydroxylation is 1. The Morgan fingerprint density at radius 2 is 1.71 bits per heavy atom. The average molecular weight is 293 g/mol. The first kappa shape index (κ1) is 13.6. The maximum atomic E-state index is 12.4. The van der Waals surface area contributed by atoms with Crippen molar-refractivity contribution in [1.29, 1.82) is 0 Å². The van der Waals surface area contributed by atoms with E-state index >= 15 is 0 Å². The monoisotopic (exact) mass is 293 g/mol. The lowest BCUT2D eigenvalue weighted by Gasteiger charge is -2.11. The number of thiophene rings is 1. The number of amides is 1. The van der Waals surface area contributed by atoms with Gasteiger partial charge in [0.15, 0.2) is 0 Å². The maximum Gasteiger partial charge on any atom is 0.255 e. The number of anilines is 1. The summed E-state index contributed by atoms with van der Waals surface area (Å²) >= 11 is 1.66. The molecule has 1 N–H and O–H groups in total. The molecule has 0 atom stereocenters. The molecule has 0 fully saturated rings. The highest BCUT2D eigenvalue weighted by molar-refractivity contribution is 7.13. The maximum absolute atomic E-state index is 12.4. The fourth-order valence-corrected chi connectivity index (χ4v) is 3.02. The van der Waals surface area contributed by atoms with Gasteiger partial charge in [0.05, 0.1) is 0 Å². The molecule has 0 unspecified atom stereocenters. The summed E-state index contributed by atoms with van der Waals surface area (Å²) in [5, 5.41) is 5.06. The standard InChI is InChI=1S/C18H15NOS/c1-13-7-2-3-8-14(13)18(20)19-16-10-5-4-9-15(16)17-11-6-12-21-17/h2-12H,1H3,(H,19,20). The molecule has 0 saturated carbocycles. The van der Waals surface area contributed by atoms with Crippen molar-refractivity contribution in [1.82, 2.24) is 0 Å². The quantitative estimate of drug-likeness (QED) is 0.725. The zero-order valence-corrected chi connectivity index (χ0v) is 12.5. The van der Waals surface area contributed by atoms with Crippen molar-refractivity contribution < 1.29 is 4.79 Å². The number of nitrogens with one attached hydrogen (secondary N) is 1. The van der Waals surface area contributed by atoms with Crippen LogP contribution in [0.15, 0.2) is 66.0 Å². The van der Waals surface area contributed by atoms with Crippen molar-refractivity contribution in [3.63, 3.8) is 0 Å². The molecule has 0 aliphatic rings. The van der Waals surface area contributed by atoms with Crippen molar-refractivity contribution in [2.75, 3.05) is 5.32 Å². The summed E-state index contributed by atoms with van der Waals surface area (Å²) < 4.78 is 0. The first-order valence-corrected chi connectivity index (χ1v) is 7.63. The predicted octanol–water partition coefficient (Wildman–Crippen LogP) is 4.98. The number of carbonyl (C=O) groups excluding carboxylic acids is 1. The number of benzene rings is 2. The van der Waals surface area contributed by atoms with Gasteiger partial charge in [-0.25, -0.2) is 0 Å². The fraction of sp³-hybridized carbons (Fsp3) is 0.0556. The molecule has 0 bridgehead atoms. The number of para-hydroxylation sites is 1. The lowest BCUT2D eigenvalue weighted by molar-refractivity contribution is 0.102. The van der Waals surface area contributed by atoms with Gasteiger partial charge in [-0.2, -0.15) is 0 Å². The summed E-state index contributed by atoms with van der Waals surface area (Å²) in [6.45, 7) is 1.94. The fourth-order valence-electron chi connectivity index (χ4n) is 2.26. The van der Waals surface area contributed by atoms with E-state index in [1.54, 1.807) is 11.3 Å². The van der Waals surface area contributed by atoms with E-state index in [4.69, 9.17) is 0 Å². The molecule has 3 aromatic rings. The van der Waals surface area contributed by atoms with Crippen LogP contribution in [0.25, 0.3) is 10.4 Å². The molecule has 3 heteroatoms. The van der Waals surface area contributed by atoms with E-state index in [0.717, 1.165) is 21.7 Å². The van der Waals surface area contributed by atoms with Crippen LogP contribution in [-0.4, -0.2) is 5.91 Å². The van der Waals surface area contributed by atoms with E-state index in [0.29, 0.717) is 5.56 Å². The smallest absolute Gasteiger partial charge is 0.255 e. The van der Waals surface area contributed by atoms with Gasteiger partial charge in [-0.15, -0.1) is 11.3 Å². The highest BCUT2D eigenvalue weighted by atomic mass is 32.1. The normalized spacial score (nSPS) is 10.3. The Kier molecular flexibility index (Phi) is 3.84. The summed E-state index contributed by atoms with van der Waals surface area (Å²) in [4.78, 5) is 13.6. The highest BCUT2D eigenvalue weighted by Gasteiger charge is 2.11. The van der Waals surface area contributed by atoms with Crippen LogP contribution in [-0.2, 0) is 0 Å². The van der Waals surface area contributed by atoms with Gasteiger partial charge in [0, 0.05) is 21.7 Å². The first-order valence-electron chi connectivity index (χ1n) is 6.75. The van der Waals surface area contributed by atoms with Crippen LogP contribution < -0.4 is 5.32 Å². The van der Waals surface area contributed by atoms with Crippen LogP contribution in [0, 0.1) is 6.92 Å². The van der Waals surface area contributed by atoms with Crippen molar-refractivity contribution >= 4 is 22.9 Å². The van der Waals surface area contributed by atoms with Gasteiger partial charge < -0.3 is 5.32 Å². The Morgan fingerprint density at radius 3 is 2.48 bits per heavy atom. The van der Waals surface area contributed by atoms with Gasteiger partial charge in [-0.1, -0.05) is 42.5 Å². The average Bonchev–Trinajstić information content (AvgIpc) is 3.02. The van der Waals surface area contributed by atoms with E-state index in [1.807, 2.05) is 66.9 Å². The van der Waals surface area contributed by atoms with Crippen molar-refractivity contribution in [3.8, 4) is 10.4 Å². The molecule has 0 saturated heterocycles. The molecule has 0 radical (unpaired) electrons. The Morgan fingerprint density at radius 1 is 0.952 bits per heavy atom. The third-order valence-electron chi connectivity index (χ3n) is 3.35. The van der Waals surface area contributed by atoms with Crippen LogP contribution in [0.2, 0.25) is 0 Å². The number of rotatable bonds is 3. The lowest BCUT2D eigenvalue weighted by Crippen LogP contribution is -2.13. The molecule has 1 heterocycles. The Balaban J connectivity index is 1.93. The third kappa shape index (κ3) is 2.88. The second-order valence-electron chi connectivity index (χ2n) is 4.79. The molecule has 21 heavy (non-hydrogen) atoms. The minimum atomic E-state index is -0.0721. The van der Waals surface area contributed by atoms with Crippen LogP contribution in [0.4, 0.5) is 5.69 Å². The molecule has 0 aliphatic carbocycles. The summed E-state index contributed by atoms with van der Waals surface area (Å²) in [6, 6.07) is 19.6. The van der Waals surface area contributed by atoms with Gasteiger partial charge in [0.2, 0.25) is 0 Å². The third-order valence-corrected chi connectivity index (χ3v) is 4.25. The SMILES string of the molecule is Cc1ccccc1C(=O)Nc1ccccc1-c1cccs1. The van der Waals surface area contributed by atoms with Crippen LogP contribution in [0.1, 0.15) is 15.9 Å². The minimum absolute atomic E-state index is 0.0721. The lowest BCUT2D eigenvalue weighted by atomic mass is 10.1. The van der Waals surface area contributed by atoms with E-state index in [1.165, 1.54) is 0 Å². The van der Waals surface area contributed by atoms with Gasteiger partial charge in [-0.3, -0.25) is 4.79 Å². The molecule has 1 aromatic heterocycles. The van der Waals surface area contributed by atoms with Gasteiger partial charge in [0.25, 0.3) is 5.91 Å². The molecule has 104 valence electrons. The van der Waals surface area contributed by atoms with Crippen molar-refractivity contribution in [2.24, 2.45) is 0 Å². The number of carbonyl (C=O) groups is 1. The highest BCUT2D eigenvalue weighted by Crippen LogP contribution is 2.31. The Hall–Kier alpha value is -2.39. The molecule has 2 nitrogen and oxygen atoms in total. The molecular weight excluding hydrogens is 278 g/mol. The zero-order valence-electron chi connectivity index (χ0n) is 11.7. The minimum Gasteiger partial charge on any atom is -0.321 e. The predicted molar refractivity (Wildman–Crippen MR) is 88.9 cm³/mol. The van der Waals surface area contributed by atoms with E-state index < -0.39 is 0 Å². The van der Waals surface area contributed by atoms with Gasteiger partial charge in [-0.05, 0) is 36.1 Å². The molecular formula is C18H15NOS. The summed E-state index contributed by atoms with van der Waals surface area (Å²) in [5.41, 5.74) is 3.57. The Labute approximate surface area is 128 Å². The van der Waals surface area contributed by atoms with Crippen LogP contribution >= 0.6 is 11.3 Å². The van der Waals surface area contributed by atoms with E-state index in [-0.39, 0.29) is 5.91 Å².